The topological polar surface area (TPSA) is 46.5 Å². The number of carbonyl (C=O) groups excluding carboxylic acids is 1. The summed E-state index contributed by atoms with van der Waals surface area (Å²) in [5, 5.41) is 9.37. The summed E-state index contributed by atoms with van der Waals surface area (Å²) in [7, 11) is -2.01. The van der Waals surface area contributed by atoms with E-state index in [1.165, 1.54) is 0 Å². The van der Waals surface area contributed by atoms with Crippen molar-refractivity contribution in [3.05, 3.63) is 0 Å². The first-order valence-electron chi connectivity index (χ1n) is 5.50. The van der Waals surface area contributed by atoms with E-state index in [4.69, 9.17) is 4.43 Å². The summed E-state index contributed by atoms with van der Waals surface area (Å²) in [5.74, 6) is -0.268. The van der Waals surface area contributed by atoms with Gasteiger partial charge >= 0.3 is 0 Å². The van der Waals surface area contributed by atoms with E-state index in [1.54, 1.807) is 0 Å². The van der Waals surface area contributed by atoms with Crippen LogP contribution in [0.3, 0.4) is 0 Å². The molecule has 0 radical (unpaired) electrons. The molecule has 1 unspecified atom stereocenters. The molecule has 0 aromatic rings. The minimum absolute atomic E-state index is 0.0276. The first-order valence-corrected chi connectivity index (χ1v) is 8.41. The minimum Gasteiger partial charge on any atom is -0.519 e. The Morgan fingerprint density at radius 2 is 1.87 bits per heavy atom. The van der Waals surface area contributed by atoms with Crippen LogP contribution >= 0.6 is 0 Å². The van der Waals surface area contributed by atoms with Crippen molar-refractivity contribution in [2.75, 3.05) is 0 Å². The molecule has 0 aromatic heterocycles. The van der Waals surface area contributed by atoms with Crippen LogP contribution in [0.4, 0.5) is 0 Å². The highest BCUT2D eigenvalue weighted by molar-refractivity contribution is 6.75. The number of aliphatic hydroxyl groups is 1. The van der Waals surface area contributed by atoms with Crippen LogP contribution in [-0.4, -0.2) is 25.5 Å². The summed E-state index contributed by atoms with van der Waals surface area (Å²) in [6, 6.07) is 0. The van der Waals surface area contributed by atoms with E-state index >= 15 is 0 Å². The van der Waals surface area contributed by atoms with Crippen LogP contribution in [-0.2, 0) is 9.22 Å². The molecule has 3 nitrogen and oxygen atoms in total. The van der Waals surface area contributed by atoms with Gasteiger partial charge in [0.05, 0.1) is 12.5 Å². The lowest BCUT2D eigenvalue weighted by atomic mass is 10.2. The van der Waals surface area contributed by atoms with Gasteiger partial charge in [-0.2, -0.15) is 0 Å². The SMILES string of the molecule is CCC(O)CC(=O)O[Si](C)(C)C(C)(C)C. The molecule has 0 aliphatic carbocycles. The molecule has 0 fully saturated rings. The Hall–Kier alpha value is -0.353. The van der Waals surface area contributed by atoms with Gasteiger partial charge < -0.3 is 9.53 Å². The zero-order valence-electron chi connectivity index (χ0n) is 10.8. The zero-order chi connectivity index (χ0) is 12.3. The van der Waals surface area contributed by atoms with Crippen molar-refractivity contribution in [1.82, 2.24) is 0 Å². The van der Waals surface area contributed by atoms with Crippen LogP contribution in [0, 0.1) is 0 Å². The molecular weight excluding hydrogens is 208 g/mol. The molecule has 0 saturated heterocycles. The summed E-state index contributed by atoms with van der Waals surface area (Å²) in [5.41, 5.74) is 0. The first-order chi connectivity index (χ1) is 6.60. The third kappa shape index (κ3) is 4.80. The Morgan fingerprint density at radius 1 is 1.40 bits per heavy atom. The van der Waals surface area contributed by atoms with Gasteiger partial charge in [0.1, 0.15) is 0 Å². The van der Waals surface area contributed by atoms with Gasteiger partial charge in [-0.15, -0.1) is 0 Å². The maximum Gasteiger partial charge on any atom is 0.295 e. The van der Waals surface area contributed by atoms with Crippen LogP contribution in [0.2, 0.25) is 18.1 Å². The molecular formula is C11H24O3Si. The molecule has 90 valence electrons. The van der Waals surface area contributed by atoms with Crippen molar-refractivity contribution in [1.29, 1.82) is 0 Å². The third-order valence-electron chi connectivity index (χ3n) is 3.05. The van der Waals surface area contributed by atoms with Gasteiger partial charge in [-0.3, -0.25) is 4.79 Å². The average Bonchev–Trinajstić information content (AvgIpc) is 2.00. The van der Waals surface area contributed by atoms with Gasteiger partial charge in [0.25, 0.3) is 14.3 Å². The highest BCUT2D eigenvalue weighted by Gasteiger charge is 2.40. The predicted molar refractivity (Wildman–Crippen MR) is 64.2 cm³/mol. The Labute approximate surface area is 94.0 Å². The Kier molecular flexibility index (Phi) is 5.00. The van der Waals surface area contributed by atoms with E-state index in [0.29, 0.717) is 6.42 Å². The lowest BCUT2D eigenvalue weighted by Gasteiger charge is -2.35. The van der Waals surface area contributed by atoms with Crippen LogP contribution in [0.1, 0.15) is 40.5 Å². The molecule has 0 heterocycles. The second-order valence-electron chi connectivity index (χ2n) is 5.50. The molecule has 0 bridgehead atoms. The van der Waals surface area contributed by atoms with Gasteiger partial charge in [0.15, 0.2) is 0 Å². The van der Waals surface area contributed by atoms with Crippen molar-refractivity contribution in [3.63, 3.8) is 0 Å². The van der Waals surface area contributed by atoms with Gasteiger partial charge in [-0.25, -0.2) is 0 Å². The van der Waals surface area contributed by atoms with E-state index in [9.17, 15) is 9.90 Å². The number of rotatable bonds is 4. The standard InChI is InChI=1S/C11H24O3Si/c1-7-9(12)8-10(13)14-15(5,6)11(2,3)4/h9,12H,7-8H2,1-6H3. The highest BCUT2D eigenvalue weighted by atomic mass is 28.4. The fourth-order valence-corrected chi connectivity index (χ4v) is 1.77. The Bertz CT molecular complexity index is 218. The average molecular weight is 232 g/mol. The monoisotopic (exact) mass is 232 g/mol. The first kappa shape index (κ1) is 14.6. The van der Waals surface area contributed by atoms with E-state index in [-0.39, 0.29) is 17.4 Å². The van der Waals surface area contributed by atoms with Crippen molar-refractivity contribution < 1.29 is 14.3 Å². The van der Waals surface area contributed by atoms with Crippen molar-refractivity contribution in [2.24, 2.45) is 0 Å². The molecule has 0 saturated carbocycles. The maximum absolute atomic E-state index is 11.5. The normalized spacial score (nSPS) is 14.9. The van der Waals surface area contributed by atoms with Crippen LogP contribution in [0.5, 0.6) is 0 Å². The van der Waals surface area contributed by atoms with Crippen LogP contribution in [0.15, 0.2) is 0 Å². The van der Waals surface area contributed by atoms with E-state index in [0.717, 1.165) is 0 Å². The summed E-state index contributed by atoms with van der Waals surface area (Å²) in [6.07, 6.45) is 0.137. The molecule has 4 heteroatoms. The zero-order valence-corrected chi connectivity index (χ0v) is 11.8. The van der Waals surface area contributed by atoms with E-state index in [2.05, 4.69) is 20.8 Å². The molecule has 1 N–H and O–H groups in total. The lowest BCUT2D eigenvalue weighted by molar-refractivity contribution is -0.137. The fraction of sp³-hybridized carbons (Fsp3) is 0.909. The Morgan fingerprint density at radius 3 is 2.20 bits per heavy atom. The third-order valence-corrected chi connectivity index (χ3v) is 7.40. The van der Waals surface area contributed by atoms with Gasteiger partial charge in [0.2, 0.25) is 0 Å². The van der Waals surface area contributed by atoms with Gasteiger partial charge in [0, 0.05) is 0 Å². The van der Waals surface area contributed by atoms with Crippen molar-refractivity contribution in [2.45, 2.75) is 64.8 Å². The fourth-order valence-electron chi connectivity index (χ4n) is 0.816. The number of hydrogen-bond donors (Lipinski definition) is 1. The summed E-state index contributed by atoms with van der Waals surface area (Å²) in [4.78, 5) is 11.5. The summed E-state index contributed by atoms with van der Waals surface area (Å²) in [6.45, 7) is 12.2. The van der Waals surface area contributed by atoms with Crippen LogP contribution in [0.25, 0.3) is 0 Å². The Balaban J connectivity index is 4.29. The highest BCUT2D eigenvalue weighted by Crippen LogP contribution is 2.36. The second kappa shape index (κ2) is 5.12. The maximum atomic E-state index is 11.5. The van der Waals surface area contributed by atoms with Gasteiger partial charge in [-0.05, 0) is 24.6 Å². The lowest BCUT2D eigenvalue weighted by Crippen LogP contribution is -2.43. The second-order valence-corrected chi connectivity index (χ2v) is 10.2. The summed E-state index contributed by atoms with van der Waals surface area (Å²) < 4.78 is 5.51. The number of hydrogen-bond acceptors (Lipinski definition) is 3. The number of carbonyl (C=O) groups is 1. The predicted octanol–water partition coefficient (Wildman–Crippen LogP) is 2.70. The molecule has 0 rings (SSSR count). The molecule has 0 amide bonds. The van der Waals surface area contributed by atoms with Crippen LogP contribution < -0.4 is 0 Å². The van der Waals surface area contributed by atoms with E-state index in [1.807, 2.05) is 20.0 Å². The van der Waals surface area contributed by atoms with Crippen molar-refractivity contribution in [3.8, 4) is 0 Å². The molecule has 0 aliphatic heterocycles. The molecule has 0 aromatic carbocycles. The van der Waals surface area contributed by atoms with E-state index < -0.39 is 14.4 Å². The smallest absolute Gasteiger partial charge is 0.295 e. The largest absolute Gasteiger partial charge is 0.519 e. The summed E-state index contributed by atoms with van der Waals surface area (Å²) >= 11 is 0. The van der Waals surface area contributed by atoms with Crippen molar-refractivity contribution >= 4 is 14.3 Å². The molecule has 15 heavy (non-hydrogen) atoms. The molecule has 0 spiro atoms. The van der Waals surface area contributed by atoms with Gasteiger partial charge in [-0.1, -0.05) is 27.7 Å². The number of aliphatic hydroxyl groups excluding tert-OH is 1. The quantitative estimate of drug-likeness (QED) is 0.758. The minimum atomic E-state index is -2.01. The molecule has 0 aliphatic rings. The molecule has 1 atom stereocenters.